The summed E-state index contributed by atoms with van der Waals surface area (Å²) in [4.78, 5) is 26.8. The maximum atomic E-state index is 11.9. The Kier molecular flexibility index (Phi) is 4.27. The number of rotatable bonds is 3. The van der Waals surface area contributed by atoms with Gasteiger partial charge in [0.25, 0.3) is 0 Å². The molecule has 1 heterocycles. The molecule has 0 spiro atoms. The molecule has 1 aliphatic heterocycles. The van der Waals surface area contributed by atoms with E-state index in [1.54, 1.807) is 12.1 Å². The number of hydrogen-bond acceptors (Lipinski definition) is 3. The molecular formula is C15H20N2O3. The Morgan fingerprint density at radius 1 is 1.05 bits per heavy atom. The first-order chi connectivity index (χ1) is 9.49. The van der Waals surface area contributed by atoms with Crippen molar-refractivity contribution in [2.45, 2.75) is 13.8 Å². The second-order valence-corrected chi connectivity index (χ2v) is 5.32. The number of carboxylic acid groups (broad SMARTS) is 1. The van der Waals surface area contributed by atoms with Gasteiger partial charge in [0.15, 0.2) is 0 Å². The highest BCUT2D eigenvalue weighted by atomic mass is 16.4. The monoisotopic (exact) mass is 276 g/mol. The molecule has 0 aliphatic carbocycles. The topological polar surface area (TPSA) is 60.9 Å². The lowest BCUT2D eigenvalue weighted by Gasteiger charge is -2.36. The number of carboxylic acids is 1. The SMILES string of the molecule is CC(C)C(=O)N1CCN(c2ccc(C(=O)O)cc2)CC1. The predicted molar refractivity (Wildman–Crippen MR) is 77.0 cm³/mol. The third-order valence-electron chi connectivity index (χ3n) is 3.56. The number of carbonyl (C=O) groups is 2. The molecule has 1 aromatic rings. The van der Waals surface area contributed by atoms with Crippen molar-refractivity contribution in [3.63, 3.8) is 0 Å². The van der Waals surface area contributed by atoms with Crippen LogP contribution in [0.5, 0.6) is 0 Å². The molecule has 2 rings (SSSR count). The second kappa shape index (κ2) is 5.94. The van der Waals surface area contributed by atoms with Gasteiger partial charge in [-0.15, -0.1) is 0 Å². The van der Waals surface area contributed by atoms with Crippen LogP contribution in [-0.2, 0) is 4.79 Å². The molecule has 0 aromatic heterocycles. The molecule has 1 amide bonds. The van der Waals surface area contributed by atoms with Gasteiger partial charge < -0.3 is 14.9 Å². The maximum absolute atomic E-state index is 11.9. The Balaban J connectivity index is 1.97. The van der Waals surface area contributed by atoms with Crippen LogP contribution in [-0.4, -0.2) is 48.1 Å². The Labute approximate surface area is 118 Å². The zero-order valence-electron chi connectivity index (χ0n) is 11.9. The van der Waals surface area contributed by atoms with Gasteiger partial charge in [-0.25, -0.2) is 4.79 Å². The second-order valence-electron chi connectivity index (χ2n) is 5.32. The fourth-order valence-electron chi connectivity index (χ4n) is 2.37. The highest BCUT2D eigenvalue weighted by molar-refractivity contribution is 5.88. The van der Waals surface area contributed by atoms with E-state index in [2.05, 4.69) is 4.90 Å². The first kappa shape index (κ1) is 14.4. The number of benzene rings is 1. The minimum absolute atomic E-state index is 0.0383. The van der Waals surface area contributed by atoms with Gasteiger partial charge in [0.1, 0.15) is 0 Å². The summed E-state index contributed by atoms with van der Waals surface area (Å²) >= 11 is 0. The molecule has 5 nitrogen and oxygen atoms in total. The van der Waals surface area contributed by atoms with Crippen LogP contribution in [0, 0.1) is 5.92 Å². The summed E-state index contributed by atoms with van der Waals surface area (Å²) in [5, 5.41) is 8.88. The van der Waals surface area contributed by atoms with E-state index in [4.69, 9.17) is 5.11 Å². The van der Waals surface area contributed by atoms with Crippen molar-refractivity contribution in [3.05, 3.63) is 29.8 Å². The van der Waals surface area contributed by atoms with Crippen LogP contribution >= 0.6 is 0 Å². The lowest BCUT2D eigenvalue weighted by atomic mass is 10.1. The summed E-state index contributed by atoms with van der Waals surface area (Å²) in [6, 6.07) is 6.87. The first-order valence-electron chi connectivity index (χ1n) is 6.86. The molecule has 0 radical (unpaired) electrons. The third-order valence-corrected chi connectivity index (χ3v) is 3.56. The quantitative estimate of drug-likeness (QED) is 0.912. The summed E-state index contributed by atoms with van der Waals surface area (Å²) in [7, 11) is 0. The van der Waals surface area contributed by atoms with E-state index in [0.29, 0.717) is 5.56 Å². The van der Waals surface area contributed by atoms with E-state index >= 15 is 0 Å². The van der Waals surface area contributed by atoms with E-state index in [1.807, 2.05) is 30.9 Å². The number of anilines is 1. The van der Waals surface area contributed by atoms with Crippen molar-refractivity contribution < 1.29 is 14.7 Å². The van der Waals surface area contributed by atoms with Crippen LogP contribution in [0.4, 0.5) is 5.69 Å². The van der Waals surface area contributed by atoms with E-state index in [0.717, 1.165) is 31.9 Å². The first-order valence-corrected chi connectivity index (χ1v) is 6.86. The summed E-state index contributed by atoms with van der Waals surface area (Å²) in [5.41, 5.74) is 1.30. The highest BCUT2D eigenvalue weighted by Crippen LogP contribution is 2.18. The van der Waals surface area contributed by atoms with Gasteiger partial charge in [-0.3, -0.25) is 4.79 Å². The fourth-order valence-corrected chi connectivity index (χ4v) is 2.37. The number of hydrogen-bond donors (Lipinski definition) is 1. The molecule has 5 heteroatoms. The molecule has 0 unspecified atom stereocenters. The standard InChI is InChI=1S/C15H20N2O3/c1-11(2)14(18)17-9-7-16(8-10-17)13-5-3-12(4-6-13)15(19)20/h3-6,11H,7-10H2,1-2H3,(H,19,20). The molecule has 1 saturated heterocycles. The number of aromatic carboxylic acids is 1. The zero-order valence-corrected chi connectivity index (χ0v) is 11.9. The van der Waals surface area contributed by atoms with Gasteiger partial charge in [-0.1, -0.05) is 13.8 Å². The lowest BCUT2D eigenvalue weighted by Crippen LogP contribution is -2.49. The van der Waals surface area contributed by atoms with Crippen molar-refractivity contribution in [2.24, 2.45) is 5.92 Å². The molecule has 0 saturated carbocycles. The van der Waals surface area contributed by atoms with Crippen molar-refractivity contribution in [2.75, 3.05) is 31.1 Å². The number of nitrogens with zero attached hydrogens (tertiary/aromatic N) is 2. The van der Waals surface area contributed by atoms with Gasteiger partial charge >= 0.3 is 5.97 Å². The Hall–Kier alpha value is -2.04. The van der Waals surface area contributed by atoms with E-state index < -0.39 is 5.97 Å². The molecule has 1 fully saturated rings. The van der Waals surface area contributed by atoms with Crippen molar-refractivity contribution in [1.29, 1.82) is 0 Å². The third kappa shape index (κ3) is 3.10. The zero-order chi connectivity index (χ0) is 14.7. The van der Waals surface area contributed by atoms with Crippen LogP contribution in [0.3, 0.4) is 0 Å². The van der Waals surface area contributed by atoms with Crippen LogP contribution in [0.1, 0.15) is 24.2 Å². The molecule has 1 N–H and O–H groups in total. The van der Waals surface area contributed by atoms with E-state index in [1.165, 1.54) is 0 Å². The molecule has 20 heavy (non-hydrogen) atoms. The number of piperazine rings is 1. The minimum atomic E-state index is -0.913. The van der Waals surface area contributed by atoms with Gasteiger partial charge in [0.2, 0.25) is 5.91 Å². The van der Waals surface area contributed by atoms with Crippen LogP contribution < -0.4 is 4.90 Å². The fraction of sp³-hybridized carbons (Fsp3) is 0.467. The molecule has 1 aromatic carbocycles. The van der Waals surface area contributed by atoms with Crippen molar-refractivity contribution >= 4 is 17.6 Å². The Morgan fingerprint density at radius 2 is 1.60 bits per heavy atom. The van der Waals surface area contributed by atoms with Crippen molar-refractivity contribution in [1.82, 2.24) is 4.90 Å². The predicted octanol–water partition coefficient (Wildman–Crippen LogP) is 1.69. The highest BCUT2D eigenvalue weighted by Gasteiger charge is 2.22. The summed E-state index contributed by atoms with van der Waals surface area (Å²) < 4.78 is 0. The van der Waals surface area contributed by atoms with E-state index in [-0.39, 0.29) is 11.8 Å². The summed E-state index contributed by atoms with van der Waals surface area (Å²) in [5.74, 6) is -0.675. The number of amides is 1. The summed E-state index contributed by atoms with van der Waals surface area (Å²) in [6.07, 6.45) is 0. The molecule has 0 atom stereocenters. The van der Waals surface area contributed by atoms with Crippen LogP contribution in [0.2, 0.25) is 0 Å². The minimum Gasteiger partial charge on any atom is -0.478 e. The number of carbonyl (C=O) groups excluding carboxylic acids is 1. The molecular weight excluding hydrogens is 256 g/mol. The van der Waals surface area contributed by atoms with E-state index in [9.17, 15) is 9.59 Å². The van der Waals surface area contributed by atoms with Crippen LogP contribution in [0.15, 0.2) is 24.3 Å². The van der Waals surface area contributed by atoms with Gasteiger partial charge in [0, 0.05) is 37.8 Å². The average molecular weight is 276 g/mol. The lowest BCUT2D eigenvalue weighted by molar-refractivity contribution is -0.134. The Morgan fingerprint density at radius 3 is 2.05 bits per heavy atom. The smallest absolute Gasteiger partial charge is 0.335 e. The van der Waals surface area contributed by atoms with Crippen LogP contribution in [0.25, 0.3) is 0 Å². The maximum Gasteiger partial charge on any atom is 0.335 e. The van der Waals surface area contributed by atoms with Crippen molar-refractivity contribution in [3.8, 4) is 0 Å². The molecule has 108 valence electrons. The normalized spacial score (nSPS) is 15.6. The summed E-state index contributed by atoms with van der Waals surface area (Å²) in [6.45, 7) is 6.84. The van der Waals surface area contributed by atoms with Gasteiger partial charge in [-0.2, -0.15) is 0 Å². The molecule has 0 bridgehead atoms. The average Bonchev–Trinajstić information content (AvgIpc) is 2.46. The Bertz CT molecular complexity index is 488. The molecule has 1 aliphatic rings. The largest absolute Gasteiger partial charge is 0.478 e. The van der Waals surface area contributed by atoms with Gasteiger partial charge in [-0.05, 0) is 24.3 Å². The van der Waals surface area contributed by atoms with Gasteiger partial charge in [0.05, 0.1) is 5.56 Å².